The van der Waals surface area contributed by atoms with Gasteiger partial charge < -0.3 is 20.9 Å². The molecule has 0 bridgehead atoms. The van der Waals surface area contributed by atoms with Crippen LogP contribution in [0.3, 0.4) is 0 Å². The summed E-state index contributed by atoms with van der Waals surface area (Å²) in [7, 11) is 1.94. The lowest BCUT2D eigenvalue weighted by Gasteiger charge is -2.36. The van der Waals surface area contributed by atoms with Crippen LogP contribution in [0.25, 0.3) is 5.41 Å². The van der Waals surface area contributed by atoms with Crippen LogP contribution in [0.4, 0.5) is 0 Å². The largest absolute Gasteiger partial charge is 0.429 e. The topological polar surface area (TPSA) is 54.8 Å². The van der Waals surface area contributed by atoms with E-state index in [-0.39, 0.29) is 0 Å². The minimum Gasteiger partial charge on any atom is -0.429 e. The zero-order valence-corrected chi connectivity index (χ0v) is 14.1. The molecule has 1 aliphatic rings. The fraction of sp³-hybridized carbons (Fsp3) is 0.938. The van der Waals surface area contributed by atoms with Crippen LogP contribution < -0.4 is 5.73 Å². The van der Waals surface area contributed by atoms with E-state index < -0.39 is 0 Å². The minimum absolute atomic E-state index is 0.320. The lowest BCUT2D eigenvalue weighted by molar-refractivity contribution is 0.168. The molecule has 0 atom stereocenters. The lowest BCUT2D eigenvalue weighted by atomic mass is 9.71. The van der Waals surface area contributed by atoms with Crippen molar-refractivity contribution in [3.8, 4) is 0 Å². The Labute approximate surface area is 125 Å². The molecule has 1 saturated heterocycles. The first kappa shape index (κ1) is 17.3. The molecule has 0 aliphatic carbocycles. The van der Waals surface area contributed by atoms with Crippen molar-refractivity contribution in [3.63, 3.8) is 0 Å². The van der Waals surface area contributed by atoms with E-state index in [1.807, 2.05) is 11.9 Å². The molecule has 0 aromatic rings. The maximum Gasteiger partial charge on any atom is 0.0104 e. The molecule has 20 heavy (non-hydrogen) atoms. The number of hydrogen-bond acceptors (Lipinski definition) is 1. The number of nitrogens with two attached hydrogens (primary N) is 1. The molecule has 0 unspecified atom stereocenters. The SMILES string of the molecule is CN1CCN(CCCC(C)(C)CC(C)(C)CCN)C1=[N-]. The van der Waals surface area contributed by atoms with Gasteiger partial charge in [0, 0.05) is 5.96 Å². The van der Waals surface area contributed by atoms with E-state index in [0.717, 1.165) is 39.0 Å². The van der Waals surface area contributed by atoms with Crippen LogP contribution in [0.5, 0.6) is 0 Å². The molecule has 4 heteroatoms. The van der Waals surface area contributed by atoms with Crippen molar-refractivity contribution in [2.75, 3.05) is 33.2 Å². The zero-order valence-electron chi connectivity index (χ0n) is 14.1. The summed E-state index contributed by atoms with van der Waals surface area (Å²) in [4.78, 5) is 4.00. The monoisotopic (exact) mass is 281 g/mol. The highest BCUT2D eigenvalue weighted by atomic mass is 15.4. The van der Waals surface area contributed by atoms with E-state index in [1.54, 1.807) is 0 Å². The Morgan fingerprint density at radius 2 is 1.70 bits per heavy atom. The first-order valence-corrected chi connectivity index (χ1v) is 7.89. The van der Waals surface area contributed by atoms with Crippen LogP contribution in [0, 0.1) is 10.8 Å². The third-order valence-corrected chi connectivity index (χ3v) is 4.39. The van der Waals surface area contributed by atoms with E-state index in [2.05, 4.69) is 32.6 Å². The van der Waals surface area contributed by atoms with E-state index in [4.69, 9.17) is 5.73 Å². The number of guanidine groups is 1. The van der Waals surface area contributed by atoms with Crippen LogP contribution in [-0.4, -0.2) is 49.0 Å². The molecule has 4 nitrogen and oxygen atoms in total. The highest BCUT2D eigenvalue weighted by molar-refractivity contribution is 5.84. The van der Waals surface area contributed by atoms with E-state index in [1.165, 1.54) is 12.8 Å². The number of nitrogens with zero attached hydrogens (tertiary/aromatic N) is 3. The van der Waals surface area contributed by atoms with Crippen molar-refractivity contribution in [3.05, 3.63) is 5.41 Å². The molecule has 1 heterocycles. The third kappa shape index (κ3) is 5.31. The second-order valence-electron chi connectivity index (χ2n) is 7.86. The Morgan fingerprint density at radius 3 is 2.20 bits per heavy atom. The van der Waals surface area contributed by atoms with Gasteiger partial charge in [0.15, 0.2) is 0 Å². The summed E-state index contributed by atoms with van der Waals surface area (Å²) in [6, 6.07) is 0. The molecule has 0 saturated carbocycles. The van der Waals surface area contributed by atoms with Gasteiger partial charge in [-0.05, 0) is 69.7 Å². The van der Waals surface area contributed by atoms with Crippen molar-refractivity contribution >= 4 is 5.96 Å². The first-order valence-electron chi connectivity index (χ1n) is 7.89. The van der Waals surface area contributed by atoms with Gasteiger partial charge in [0.05, 0.1) is 0 Å². The number of rotatable bonds is 8. The van der Waals surface area contributed by atoms with Crippen molar-refractivity contribution in [1.29, 1.82) is 0 Å². The Balaban J connectivity index is 2.34. The standard InChI is InChI=1S/C16H33N4/c1-15(2,13-16(3,4)8-9-17)7-6-10-20-12-11-19(5)14(20)18/h6-13,17H2,1-5H3/q-1. The zero-order chi connectivity index (χ0) is 15.4. The molecule has 0 radical (unpaired) electrons. The van der Waals surface area contributed by atoms with Crippen molar-refractivity contribution in [2.45, 2.75) is 53.4 Å². The van der Waals surface area contributed by atoms with Crippen LogP contribution in [-0.2, 0) is 0 Å². The maximum atomic E-state index is 9.90. The molecule has 1 aliphatic heterocycles. The van der Waals surface area contributed by atoms with Gasteiger partial charge >= 0.3 is 0 Å². The molecular weight excluding hydrogens is 248 g/mol. The molecule has 118 valence electrons. The van der Waals surface area contributed by atoms with Gasteiger partial charge in [-0.1, -0.05) is 27.7 Å². The molecule has 0 spiro atoms. The van der Waals surface area contributed by atoms with Crippen molar-refractivity contribution in [2.24, 2.45) is 16.6 Å². The summed E-state index contributed by atoms with van der Waals surface area (Å²) >= 11 is 0. The number of hydrogen-bond donors (Lipinski definition) is 1. The molecule has 0 amide bonds. The fourth-order valence-electron chi connectivity index (χ4n) is 3.54. The van der Waals surface area contributed by atoms with E-state index >= 15 is 0 Å². The molecule has 2 N–H and O–H groups in total. The summed E-state index contributed by atoms with van der Waals surface area (Å²) in [6.07, 6.45) is 4.60. The summed E-state index contributed by atoms with van der Waals surface area (Å²) < 4.78 is 0. The van der Waals surface area contributed by atoms with Gasteiger partial charge in [0.25, 0.3) is 0 Å². The van der Waals surface area contributed by atoms with E-state index in [0.29, 0.717) is 16.8 Å². The van der Waals surface area contributed by atoms with E-state index in [9.17, 15) is 5.41 Å². The predicted octanol–water partition coefficient (Wildman–Crippen LogP) is 2.73. The van der Waals surface area contributed by atoms with Crippen LogP contribution in [0.2, 0.25) is 0 Å². The highest BCUT2D eigenvalue weighted by Gasteiger charge is 2.28. The second kappa shape index (κ2) is 6.79. The minimum atomic E-state index is 0.320. The van der Waals surface area contributed by atoms with Gasteiger partial charge in [0.1, 0.15) is 0 Å². The van der Waals surface area contributed by atoms with Gasteiger partial charge in [-0.25, -0.2) is 0 Å². The predicted molar refractivity (Wildman–Crippen MR) is 87.7 cm³/mol. The van der Waals surface area contributed by atoms with Gasteiger partial charge in [-0.15, -0.1) is 0 Å². The summed E-state index contributed by atoms with van der Waals surface area (Å²) in [5.41, 5.74) is 6.36. The Morgan fingerprint density at radius 1 is 1.10 bits per heavy atom. The molecule has 0 aromatic heterocycles. The van der Waals surface area contributed by atoms with Gasteiger partial charge in [-0.3, -0.25) is 0 Å². The molecule has 1 rings (SSSR count). The Bertz CT molecular complexity index is 322. The third-order valence-electron chi connectivity index (χ3n) is 4.39. The average molecular weight is 281 g/mol. The maximum absolute atomic E-state index is 9.90. The van der Waals surface area contributed by atoms with Crippen LogP contribution in [0.1, 0.15) is 53.4 Å². The first-order chi connectivity index (χ1) is 9.17. The summed E-state index contributed by atoms with van der Waals surface area (Å²) in [6.45, 7) is 12.9. The lowest BCUT2D eigenvalue weighted by Crippen LogP contribution is -2.31. The highest BCUT2D eigenvalue weighted by Crippen LogP contribution is 2.38. The smallest absolute Gasteiger partial charge is 0.0104 e. The Hall–Kier alpha value is -0.770. The van der Waals surface area contributed by atoms with Gasteiger partial charge in [-0.2, -0.15) is 0 Å². The second-order valence-corrected chi connectivity index (χ2v) is 7.86. The van der Waals surface area contributed by atoms with Crippen molar-refractivity contribution in [1.82, 2.24) is 9.80 Å². The normalized spacial score (nSPS) is 17.2. The van der Waals surface area contributed by atoms with Gasteiger partial charge in [0.2, 0.25) is 0 Å². The van der Waals surface area contributed by atoms with Crippen LogP contribution >= 0.6 is 0 Å². The quantitative estimate of drug-likeness (QED) is 0.744. The van der Waals surface area contributed by atoms with Crippen LogP contribution in [0.15, 0.2) is 0 Å². The summed E-state index contributed by atoms with van der Waals surface area (Å²) in [5, 5.41) is 9.90. The molecule has 0 aromatic carbocycles. The average Bonchev–Trinajstić information content (AvgIpc) is 2.59. The Kier molecular flexibility index (Phi) is 5.87. The fourth-order valence-corrected chi connectivity index (χ4v) is 3.54. The molecule has 1 fully saturated rings. The number of likely N-dealkylation sites (N-methyl/N-ethyl adjacent to an activating group) is 1. The van der Waals surface area contributed by atoms with Crippen molar-refractivity contribution < 1.29 is 0 Å². The summed E-state index contributed by atoms with van der Waals surface area (Å²) in [5.74, 6) is 0.436. The molecular formula is C16H33N4-.